The van der Waals surface area contributed by atoms with E-state index in [0.717, 1.165) is 23.1 Å². The zero-order valence-electron chi connectivity index (χ0n) is 14.9. The van der Waals surface area contributed by atoms with E-state index in [-0.39, 0.29) is 11.7 Å². The van der Waals surface area contributed by atoms with E-state index in [0.29, 0.717) is 22.5 Å². The number of halogens is 1. The van der Waals surface area contributed by atoms with E-state index in [1.54, 1.807) is 0 Å². The molecule has 2 aromatic carbocycles. The van der Waals surface area contributed by atoms with Gasteiger partial charge in [-0.2, -0.15) is 0 Å². The van der Waals surface area contributed by atoms with Gasteiger partial charge in [-0.05, 0) is 31.0 Å². The van der Waals surface area contributed by atoms with Crippen LogP contribution in [0.2, 0.25) is 5.02 Å². The van der Waals surface area contributed by atoms with Crippen molar-refractivity contribution in [2.45, 2.75) is 18.5 Å². The van der Waals surface area contributed by atoms with E-state index < -0.39 is 0 Å². The SMILES string of the molecule is Cc1ccc(-c2nnc(SCC(=O)NCCc3cccc(Cl)c3)n2N)cc1. The number of carbonyl (C=O) groups is 1. The van der Waals surface area contributed by atoms with Crippen LogP contribution in [-0.4, -0.2) is 33.1 Å². The maximum absolute atomic E-state index is 12.0. The fourth-order valence-electron chi connectivity index (χ4n) is 2.49. The van der Waals surface area contributed by atoms with Crippen molar-refractivity contribution >= 4 is 29.3 Å². The summed E-state index contributed by atoms with van der Waals surface area (Å²) in [4.78, 5) is 12.0. The molecule has 0 radical (unpaired) electrons. The normalized spacial score (nSPS) is 10.7. The van der Waals surface area contributed by atoms with Crippen molar-refractivity contribution < 1.29 is 4.79 Å². The second-order valence-corrected chi connectivity index (χ2v) is 7.44. The number of benzene rings is 2. The van der Waals surface area contributed by atoms with E-state index in [1.165, 1.54) is 16.4 Å². The van der Waals surface area contributed by atoms with Crippen LogP contribution in [0.25, 0.3) is 11.4 Å². The van der Waals surface area contributed by atoms with Crippen LogP contribution >= 0.6 is 23.4 Å². The minimum Gasteiger partial charge on any atom is -0.355 e. The highest BCUT2D eigenvalue weighted by Crippen LogP contribution is 2.21. The predicted molar refractivity (Wildman–Crippen MR) is 109 cm³/mol. The smallest absolute Gasteiger partial charge is 0.230 e. The van der Waals surface area contributed by atoms with Gasteiger partial charge in [-0.3, -0.25) is 4.79 Å². The van der Waals surface area contributed by atoms with Gasteiger partial charge in [0.05, 0.1) is 5.75 Å². The molecule has 0 atom stereocenters. The minimum absolute atomic E-state index is 0.0816. The summed E-state index contributed by atoms with van der Waals surface area (Å²) < 4.78 is 1.41. The summed E-state index contributed by atoms with van der Waals surface area (Å²) in [5.41, 5.74) is 3.12. The second-order valence-electron chi connectivity index (χ2n) is 6.06. The maximum Gasteiger partial charge on any atom is 0.230 e. The third-order valence-electron chi connectivity index (χ3n) is 3.93. The fourth-order valence-corrected chi connectivity index (χ4v) is 3.39. The quantitative estimate of drug-likeness (QED) is 0.469. The summed E-state index contributed by atoms with van der Waals surface area (Å²) in [5, 5.41) is 12.3. The number of thioether (sulfide) groups is 1. The topological polar surface area (TPSA) is 85.8 Å². The maximum atomic E-state index is 12.0. The molecular formula is C19H20ClN5OS. The molecule has 0 bridgehead atoms. The van der Waals surface area contributed by atoms with E-state index in [2.05, 4.69) is 15.5 Å². The van der Waals surface area contributed by atoms with Crippen molar-refractivity contribution in [2.24, 2.45) is 0 Å². The Kier molecular flexibility index (Phi) is 6.36. The molecule has 0 aliphatic rings. The number of aromatic nitrogens is 3. The number of nitrogens with two attached hydrogens (primary N) is 1. The molecule has 1 heterocycles. The molecule has 0 saturated carbocycles. The van der Waals surface area contributed by atoms with Crippen LogP contribution in [0.3, 0.4) is 0 Å². The van der Waals surface area contributed by atoms with Crippen molar-refractivity contribution in [3.8, 4) is 11.4 Å². The predicted octanol–water partition coefficient (Wildman–Crippen LogP) is 3.07. The number of hydrogen-bond donors (Lipinski definition) is 2. The molecule has 0 fully saturated rings. The van der Waals surface area contributed by atoms with Crippen LogP contribution in [0, 0.1) is 6.92 Å². The average molecular weight is 402 g/mol. The highest BCUT2D eigenvalue weighted by atomic mass is 35.5. The Balaban J connectivity index is 1.49. The lowest BCUT2D eigenvalue weighted by atomic mass is 10.1. The monoisotopic (exact) mass is 401 g/mol. The molecule has 0 spiro atoms. The molecule has 1 aromatic heterocycles. The van der Waals surface area contributed by atoms with Crippen molar-refractivity contribution in [1.82, 2.24) is 20.2 Å². The Labute approximate surface area is 167 Å². The Bertz CT molecular complexity index is 926. The number of nitrogens with zero attached hydrogens (tertiary/aromatic N) is 3. The Morgan fingerprint density at radius 2 is 2.00 bits per heavy atom. The first-order valence-corrected chi connectivity index (χ1v) is 9.81. The molecule has 0 aliphatic heterocycles. The first-order valence-electron chi connectivity index (χ1n) is 8.44. The first kappa shape index (κ1) is 19.3. The molecule has 6 nitrogen and oxygen atoms in total. The van der Waals surface area contributed by atoms with E-state index in [4.69, 9.17) is 17.4 Å². The van der Waals surface area contributed by atoms with Gasteiger partial charge < -0.3 is 11.2 Å². The van der Waals surface area contributed by atoms with E-state index in [9.17, 15) is 4.79 Å². The van der Waals surface area contributed by atoms with Gasteiger partial charge in [-0.1, -0.05) is 65.3 Å². The highest BCUT2D eigenvalue weighted by Gasteiger charge is 2.13. The molecule has 3 rings (SSSR count). The Hall–Kier alpha value is -2.51. The van der Waals surface area contributed by atoms with Gasteiger partial charge in [0.2, 0.25) is 11.1 Å². The van der Waals surface area contributed by atoms with Gasteiger partial charge in [-0.25, -0.2) is 4.68 Å². The van der Waals surface area contributed by atoms with Crippen LogP contribution in [0.1, 0.15) is 11.1 Å². The van der Waals surface area contributed by atoms with Gasteiger partial charge in [0, 0.05) is 17.1 Å². The molecular weight excluding hydrogens is 382 g/mol. The van der Waals surface area contributed by atoms with Crippen molar-refractivity contribution in [3.05, 3.63) is 64.7 Å². The average Bonchev–Trinajstić information content (AvgIpc) is 3.01. The largest absolute Gasteiger partial charge is 0.355 e. The molecule has 27 heavy (non-hydrogen) atoms. The van der Waals surface area contributed by atoms with Crippen molar-refractivity contribution in [2.75, 3.05) is 18.1 Å². The van der Waals surface area contributed by atoms with Gasteiger partial charge in [0.25, 0.3) is 0 Å². The summed E-state index contributed by atoms with van der Waals surface area (Å²) in [5.74, 6) is 6.78. The summed E-state index contributed by atoms with van der Waals surface area (Å²) in [6, 6.07) is 15.5. The number of rotatable bonds is 7. The third-order valence-corrected chi connectivity index (χ3v) is 5.11. The van der Waals surface area contributed by atoms with E-state index >= 15 is 0 Å². The number of nitrogens with one attached hydrogen (secondary N) is 1. The van der Waals surface area contributed by atoms with Gasteiger partial charge in [0.15, 0.2) is 5.82 Å². The second kappa shape index (κ2) is 8.92. The zero-order chi connectivity index (χ0) is 19.2. The molecule has 0 aliphatic carbocycles. The highest BCUT2D eigenvalue weighted by molar-refractivity contribution is 7.99. The number of hydrogen-bond acceptors (Lipinski definition) is 5. The van der Waals surface area contributed by atoms with Crippen LogP contribution in [-0.2, 0) is 11.2 Å². The standard InChI is InChI=1S/C19H20ClN5OS/c1-13-5-7-15(8-6-13)18-23-24-19(25(18)21)27-12-17(26)22-10-9-14-3-2-4-16(20)11-14/h2-8,11H,9-10,12,21H2,1H3,(H,22,26). The first-order chi connectivity index (χ1) is 13.0. The Morgan fingerprint density at radius 1 is 1.22 bits per heavy atom. The Morgan fingerprint density at radius 3 is 2.74 bits per heavy atom. The lowest BCUT2D eigenvalue weighted by Gasteiger charge is -2.06. The molecule has 0 unspecified atom stereocenters. The van der Waals surface area contributed by atoms with Gasteiger partial charge >= 0.3 is 0 Å². The summed E-state index contributed by atoms with van der Waals surface area (Å²) in [7, 11) is 0. The minimum atomic E-state index is -0.0816. The number of amides is 1. The summed E-state index contributed by atoms with van der Waals surface area (Å²) in [6.07, 6.45) is 0.724. The summed E-state index contributed by atoms with van der Waals surface area (Å²) >= 11 is 7.21. The third kappa shape index (κ3) is 5.24. The molecule has 8 heteroatoms. The van der Waals surface area contributed by atoms with Gasteiger partial charge in [0.1, 0.15) is 0 Å². The molecule has 140 valence electrons. The van der Waals surface area contributed by atoms with Gasteiger partial charge in [-0.15, -0.1) is 10.2 Å². The van der Waals surface area contributed by atoms with Crippen LogP contribution in [0.5, 0.6) is 0 Å². The number of carbonyl (C=O) groups excluding carboxylic acids is 1. The van der Waals surface area contributed by atoms with Crippen molar-refractivity contribution in [3.63, 3.8) is 0 Å². The zero-order valence-corrected chi connectivity index (χ0v) is 16.4. The summed E-state index contributed by atoms with van der Waals surface area (Å²) in [6.45, 7) is 2.56. The van der Waals surface area contributed by atoms with Crippen LogP contribution < -0.4 is 11.2 Å². The van der Waals surface area contributed by atoms with Crippen LogP contribution in [0.4, 0.5) is 0 Å². The molecule has 3 aromatic rings. The van der Waals surface area contributed by atoms with Crippen LogP contribution in [0.15, 0.2) is 53.7 Å². The molecule has 3 N–H and O–H groups in total. The van der Waals surface area contributed by atoms with Crippen molar-refractivity contribution in [1.29, 1.82) is 0 Å². The number of nitrogen functional groups attached to an aromatic ring is 1. The number of aryl methyl sites for hydroxylation is 1. The van der Waals surface area contributed by atoms with E-state index in [1.807, 2.05) is 55.5 Å². The molecule has 1 amide bonds. The molecule has 0 saturated heterocycles. The fraction of sp³-hybridized carbons (Fsp3) is 0.211. The lowest BCUT2D eigenvalue weighted by molar-refractivity contribution is -0.118. The lowest BCUT2D eigenvalue weighted by Crippen LogP contribution is -2.27.